The van der Waals surface area contributed by atoms with Gasteiger partial charge in [0.25, 0.3) is 5.91 Å². The molecule has 1 aliphatic carbocycles. The number of carbonyl (C=O) groups is 1. The van der Waals surface area contributed by atoms with Crippen molar-refractivity contribution >= 4 is 17.5 Å². The normalized spacial score (nSPS) is 18.8. The topological polar surface area (TPSA) is 56.1 Å². The number of piperazine rings is 2. The first-order valence-electron chi connectivity index (χ1n) is 14.1. The van der Waals surface area contributed by atoms with E-state index < -0.39 is 0 Å². The van der Waals surface area contributed by atoms with Crippen molar-refractivity contribution in [3.8, 4) is 0 Å². The summed E-state index contributed by atoms with van der Waals surface area (Å²) < 4.78 is 6.11. The largest absolute Gasteiger partial charge is 0.425 e. The van der Waals surface area contributed by atoms with Crippen molar-refractivity contribution < 1.29 is 9.21 Å². The number of hydrogen-bond donors (Lipinski definition) is 0. The summed E-state index contributed by atoms with van der Waals surface area (Å²) in [6.07, 6.45) is 2.37. The van der Waals surface area contributed by atoms with Crippen molar-refractivity contribution in [1.82, 2.24) is 14.8 Å². The van der Waals surface area contributed by atoms with Gasteiger partial charge in [-0.1, -0.05) is 30.3 Å². The van der Waals surface area contributed by atoms with Gasteiger partial charge in [0.2, 0.25) is 5.88 Å². The minimum absolute atomic E-state index is 0.140. The lowest BCUT2D eigenvalue weighted by Gasteiger charge is -2.37. The molecule has 1 amide bonds. The summed E-state index contributed by atoms with van der Waals surface area (Å²) in [6, 6.07) is 15.1. The van der Waals surface area contributed by atoms with E-state index in [1.807, 2.05) is 18.7 Å². The van der Waals surface area contributed by atoms with Gasteiger partial charge in [0.15, 0.2) is 5.89 Å². The summed E-state index contributed by atoms with van der Waals surface area (Å²) in [4.78, 5) is 27.4. The van der Waals surface area contributed by atoms with Crippen LogP contribution in [0.15, 0.2) is 46.9 Å². The molecule has 3 fully saturated rings. The number of para-hydroxylation sites is 1. The second kappa shape index (κ2) is 10.4. The van der Waals surface area contributed by atoms with Crippen LogP contribution in [0.1, 0.15) is 57.4 Å². The number of amides is 1. The Balaban J connectivity index is 1.06. The van der Waals surface area contributed by atoms with E-state index in [2.05, 4.69) is 69.1 Å². The number of anilines is 2. The second-order valence-electron chi connectivity index (χ2n) is 11.2. The summed E-state index contributed by atoms with van der Waals surface area (Å²) in [6.45, 7) is 14.2. The fourth-order valence-electron chi connectivity index (χ4n) is 5.81. The molecule has 3 aliphatic rings. The molecule has 7 nitrogen and oxygen atoms in total. The second-order valence-corrected chi connectivity index (χ2v) is 11.2. The highest BCUT2D eigenvalue weighted by Crippen LogP contribution is 2.41. The maximum absolute atomic E-state index is 13.6. The zero-order chi connectivity index (χ0) is 26.2. The molecule has 3 aromatic rings. The van der Waals surface area contributed by atoms with E-state index in [0.717, 1.165) is 74.4 Å². The highest BCUT2D eigenvalue weighted by Gasteiger charge is 2.32. The van der Waals surface area contributed by atoms with Crippen molar-refractivity contribution in [3.05, 3.63) is 76.3 Å². The van der Waals surface area contributed by atoms with E-state index in [-0.39, 0.29) is 5.91 Å². The number of nitrogens with zero attached hydrogens (tertiary/aromatic N) is 5. The SMILES string of the molecule is Cc1ccc(CN2CCN(c3ccccc3C)CC2)cc1C(=O)N1CCN(c2oc(C3CC3)nc2C)CC1. The smallest absolute Gasteiger partial charge is 0.254 e. The van der Waals surface area contributed by atoms with E-state index in [0.29, 0.717) is 19.0 Å². The van der Waals surface area contributed by atoms with Gasteiger partial charge in [0, 0.05) is 76.1 Å². The van der Waals surface area contributed by atoms with Crippen molar-refractivity contribution in [2.24, 2.45) is 0 Å². The molecule has 0 atom stereocenters. The zero-order valence-electron chi connectivity index (χ0n) is 22.9. The molecule has 1 aromatic heterocycles. The van der Waals surface area contributed by atoms with E-state index in [1.165, 1.54) is 29.7 Å². The van der Waals surface area contributed by atoms with Gasteiger partial charge in [0.1, 0.15) is 5.69 Å². The van der Waals surface area contributed by atoms with Crippen LogP contribution in [-0.4, -0.2) is 73.0 Å². The maximum atomic E-state index is 13.6. The van der Waals surface area contributed by atoms with Crippen molar-refractivity contribution in [1.29, 1.82) is 0 Å². The van der Waals surface area contributed by atoms with Gasteiger partial charge in [-0.25, -0.2) is 4.98 Å². The van der Waals surface area contributed by atoms with Crippen LogP contribution in [0.25, 0.3) is 0 Å². The monoisotopic (exact) mass is 513 g/mol. The fraction of sp³-hybridized carbons (Fsp3) is 0.484. The highest BCUT2D eigenvalue weighted by atomic mass is 16.4. The Kier molecular flexibility index (Phi) is 6.87. The van der Waals surface area contributed by atoms with Crippen LogP contribution >= 0.6 is 0 Å². The Hall–Kier alpha value is -3.32. The van der Waals surface area contributed by atoms with Gasteiger partial charge < -0.3 is 19.1 Å². The summed E-state index contributed by atoms with van der Waals surface area (Å²) >= 11 is 0. The number of oxazole rings is 1. The molecule has 38 heavy (non-hydrogen) atoms. The molecular weight excluding hydrogens is 474 g/mol. The van der Waals surface area contributed by atoms with Gasteiger partial charge in [-0.15, -0.1) is 0 Å². The number of rotatable bonds is 6. The lowest BCUT2D eigenvalue weighted by atomic mass is 10.0. The van der Waals surface area contributed by atoms with Gasteiger partial charge in [-0.05, 0) is 62.4 Å². The molecule has 0 unspecified atom stereocenters. The minimum Gasteiger partial charge on any atom is -0.425 e. The molecular formula is C31H39N5O2. The third-order valence-electron chi connectivity index (χ3n) is 8.34. The van der Waals surface area contributed by atoms with Gasteiger partial charge in [-0.2, -0.15) is 0 Å². The fourth-order valence-corrected chi connectivity index (χ4v) is 5.81. The molecule has 0 N–H and O–H groups in total. The first-order valence-corrected chi connectivity index (χ1v) is 14.1. The summed E-state index contributed by atoms with van der Waals surface area (Å²) in [5.74, 6) is 2.43. The van der Waals surface area contributed by atoms with E-state index in [4.69, 9.17) is 4.42 Å². The molecule has 0 radical (unpaired) electrons. The molecule has 2 aromatic carbocycles. The first kappa shape index (κ1) is 25.0. The molecule has 6 rings (SSSR count). The average molecular weight is 514 g/mol. The van der Waals surface area contributed by atoms with Crippen LogP contribution in [-0.2, 0) is 6.54 Å². The molecule has 0 spiro atoms. The Morgan fingerprint density at radius 2 is 1.58 bits per heavy atom. The third-order valence-corrected chi connectivity index (χ3v) is 8.34. The van der Waals surface area contributed by atoms with Crippen LogP contribution in [0.3, 0.4) is 0 Å². The average Bonchev–Trinajstić information content (AvgIpc) is 3.72. The number of hydrogen-bond acceptors (Lipinski definition) is 6. The van der Waals surface area contributed by atoms with Gasteiger partial charge >= 0.3 is 0 Å². The Morgan fingerprint density at radius 1 is 0.868 bits per heavy atom. The number of aromatic nitrogens is 1. The Morgan fingerprint density at radius 3 is 2.29 bits per heavy atom. The molecule has 2 aliphatic heterocycles. The van der Waals surface area contributed by atoms with Crippen LogP contribution < -0.4 is 9.80 Å². The summed E-state index contributed by atoms with van der Waals surface area (Å²) in [5.41, 5.74) is 6.74. The number of carbonyl (C=O) groups excluding carboxylic acids is 1. The predicted octanol–water partition coefficient (Wildman–Crippen LogP) is 4.76. The Labute approximate surface area is 226 Å². The van der Waals surface area contributed by atoms with E-state index >= 15 is 0 Å². The first-order chi connectivity index (χ1) is 18.5. The number of benzene rings is 2. The minimum atomic E-state index is 0.140. The lowest BCUT2D eigenvalue weighted by molar-refractivity contribution is 0.0744. The van der Waals surface area contributed by atoms with Crippen molar-refractivity contribution in [3.63, 3.8) is 0 Å². The van der Waals surface area contributed by atoms with Crippen LogP contribution in [0.2, 0.25) is 0 Å². The molecule has 200 valence electrons. The zero-order valence-corrected chi connectivity index (χ0v) is 22.9. The quantitative estimate of drug-likeness (QED) is 0.474. The maximum Gasteiger partial charge on any atom is 0.254 e. The van der Waals surface area contributed by atoms with E-state index in [1.54, 1.807) is 0 Å². The van der Waals surface area contributed by atoms with Gasteiger partial charge in [0.05, 0.1) is 0 Å². The van der Waals surface area contributed by atoms with Crippen LogP contribution in [0.4, 0.5) is 11.6 Å². The van der Waals surface area contributed by atoms with Crippen molar-refractivity contribution in [2.45, 2.75) is 46.1 Å². The molecule has 1 saturated carbocycles. The summed E-state index contributed by atoms with van der Waals surface area (Å²) in [7, 11) is 0. The molecule has 2 saturated heterocycles. The van der Waals surface area contributed by atoms with Crippen LogP contribution in [0.5, 0.6) is 0 Å². The van der Waals surface area contributed by atoms with Crippen LogP contribution in [0, 0.1) is 20.8 Å². The highest BCUT2D eigenvalue weighted by molar-refractivity contribution is 5.96. The Bertz CT molecular complexity index is 1300. The number of aryl methyl sites for hydroxylation is 3. The summed E-state index contributed by atoms with van der Waals surface area (Å²) in [5, 5.41) is 0. The molecule has 0 bridgehead atoms. The standard InChI is InChI=1S/C31H39N5O2/c1-22-8-9-25(21-33-12-14-34(15-13-33)28-7-5-4-6-23(28)2)20-27(22)30(37)35-16-18-36(19-17-35)31-24(3)32-29(38-31)26-10-11-26/h4-9,20,26H,10-19,21H2,1-3H3. The van der Waals surface area contributed by atoms with E-state index in [9.17, 15) is 4.79 Å². The molecule has 3 heterocycles. The molecule has 7 heteroatoms. The lowest BCUT2D eigenvalue weighted by Crippen LogP contribution is -2.49. The van der Waals surface area contributed by atoms with Crippen molar-refractivity contribution in [2.75, 3.05) is 62.2 Å². The van der Waals surface area contributed by atoms with Gasteiger partial charge in [-0.3, -0.25) is 9.69 Å². The predicted molar refractivity (Wildman–Crippen MR) is 151 cm³/mol. The third kappa shape index (κ3) is 5.17.